The Morgan fingerprint density at radius 3 is 2.68 bits per heavy atom. The molecule has 0 saturated heterocycles. The summed E-state index contributed by atoms with van der Waals surface area (Å²) in [5.74, 6) is 1.34. The van der Waals surface area contributed by atoms with Gasteiger partial charge in [-0.2, -0.15) is 5.10 Å². The van der Waals surface area contributed by atoms with Crippen LogP contribution in [-0.4, -0.2) is 32.6 Å². The zero-order valence-corrected chi connectivity index (χ0v) is 15.0. The Hall–Kier alpha value is -3.87. The minimum atomic E-state index is -0.0267. The fourth-order valence-corrected chi connectivity index (χ4v) is 3.40. The van der Waals surface area contributed by atoms with Crippen LogP contribution in [0.5, 0.6) is 0 Å². The molecule has 4 N–H and O–H groups in total. The minimum Gasteiger partial charge on any atom is -0.358 e. The van der Waals surface area contributed by atoms with Gasteiger partial charge in [0.05, 0.1) is 11.3 Å². The molecular formula is C21H18N6O. The molecule has 0 unspecified atom stereocenters. The van der Waals surface area contributed by atoms with E-state index in [2.05, 4.69) is 30.8 Å². The highest BCUT2D eigenvalue weighted by Crippen LogP contribution is 2.26. The number of carbonyl (C=O) groups is 1. The van der Waals surface area contributed by atoms with Gasteiger partial charge in [-0.3, -0.25) is 9.89 Å². The second-order valence-corrected chi connectivity index (χ2v) is 6.67. The quantitative estimate of drug-likeness (QED) is 0.442. The van der Waals surface area contributed by atoms with E-state index in [9.17, 15) is 4.79 Å². The van der Waals surface area contributed by atoms with Crippen LogP contribution in [0.15, 0.2) is 60.8 Å². The molecule has 1 amide bonds. The number of amides is 1. The average molecular weight is 370 g/mol. The molecule has 0 aliphatic carbocycles. The fraction of sp³-hybridized carbons (Fsp3) is 0.0952. The van der Waals surface area contributed by atoms with Gasteiger partial charge in [0.15, 0.2) is 5.82 Å². The predicted octanol–water partition coefficient (Wildman–Crippen LogP) is 3.50. The third-order valence-electron chi connectivity index (χ3n) is 4.79. The van der Waals surface area contributed by atoms with Crippen molar-refractivity contribution in [1.82, 2.24) is 25.5 Å². The number of hydrogen-bond acceptors (Lipinski definition) is 4. The molecule has 1 aliphatic heterocycles. The van der Waals surface area contributed by atoms with Crippen LogP contribution in [0.1, 0.15) is 16.1 Å². The second kappa shape index (κ2) is 6.70. The van der Waals surface area contributed by atoms with Crippen LogP contribution in [0.25, 0.3) is 22.5 Å². The lowest BCUT2D eigenvalue weighted by Crippen LogP contribution is -2.31. The number of fused-ring (bicyclic) bond motifs is 1. The van der Waals surface area contributed by atoms with Gasteiger partial charge >= 0.3 is 0 Å². The number of aromatic amines is 2. The summed E-state index contributed by atoms with van der Waals surface area (Å²) in [4.78, 5) is 19.7. The van der Waals surface area contributed by atoms with Crippen LogP contribution >= 0.6 is 0 Å². The number of nitrogens with one attached hydrogen (secondary N) is 4. The maximum absolute atomic E-state index is 12.0. The third-order valence-corrected chi connectivity index (χ3v) is 4.79. The second-order valence-electron chi connectivity index (χ2n) is 6.67. The van der Waals surface area contributed by atoms with Crippen molar-refractivity contribution in [3.63, 3.8) is 0 Å². The number of carbonyl (C=O) groups excluding carboxylic acids is 1. The van der Waals surface area contributed by atoms with E-state index in [1.54, 1.807) is 6.20 Å². The average Bonchev–Trinajstić information content (AvgIpc) is 3.37. The number of pyridine rings is 1. The largest absolute Gasteiger partial charge is 0.358 e. The van der Waals surface area contributed by atoms with Gasteiger partial charge in [-0.05, 0) is 23.8 Å². The predicted molar refractivity (Wildman–Crippen MR) is 107 cm³/mol. The first-order valence-corrected chi connectivity index (χ1v) is 9.10. The Morgan fingerprint density at radius 2 is 1.82 bits per heavy atom. The lowest BCUT2D eigenvalue weighted by Gasteiger charge is -2.10. The van der Waals surface area contributed by atoms with Gasteiger partial charge in [-0.15, -0.1) is 0 Å². The normalized spacial score (nSPS) is 13.1. The molecule has 0 saturated carbocycles. The number of aromatic nitrogens is 4. The molecule has 1 aliphatic rings. The van der Waals surface area contributed by atoms with Crippen molar-refractivity contribution in [2.24, 2.45) is 0 Å². The van der Waals surface area contributed by atoms with Crippen LogP contribution in [0.4, 0.5) is 11.6 Å². The molecule has 1 aromatic carbocycles. The van der Waals surface area contributed by atoms with Gasteiger partial charge < -0.3 is 15.6 Å². The van der Waals surface area contributed by atoms with E-state index >= 15 is 0 Å². The van der Waals surface area contributed by atoms with Crippen molar-refractivity contribution in [3.05, 3.63) is 72.1 Å². The van der Waals surface area contributed by atoms with Gasteiger partial charge in [0.2, 0.25) is 0 Å². The van der Waals surface area contributed by atoms with Crippen molar-refractivity contribution in [2.75, 3.05) is 11.9 Å². The zero-order chi connectivity index (χ0) is 18.9. The third kappa shape index (κ3) is 3.03. The number of nitrogens with zero attached hydrogens (tertiary/aromatic N) is 2. The first kappa shape index (κ1) is 16.3. The zero-order valence-electron chi connectivity index (χ0n) is 15.0. The summed E-state index contributed by atoms with van der Waals surface area (Å²) in [5, 5.41) is 13.4. The smallest absolute Gasteiger partial charge is 0.253 e. The van der Waals surface area contributed by atoms with Gasteiger partial charge in [0, 0.05) is 42.2 Å². The molecule has 0 spiro atoms. The number of rotatable bonds is 4. The molecule has 0 radical (unpaired) electrons. The van der Waals surface area contributed by atoms with Crippen molar-refractivity contribution < 1.29 is 4.79 Å². The van der Waals surface area contributed by atoms with Crippen LogP contribution < -0.4 is 10.6 Å². The molecule has 5 rings (SSSR count). The van der Waals surface area contributed by atoms with Crippen LogP contribution in [-0.2, 0) is 6.42 Å². The molecule has 138 valence electrons. The monoisotopic (exact) mass is 370 g/mol. The van der Waals surface area contributed by atoms with Gasteiger partial charge in [-0.25, -0.2) is 4.98 Å². The highest BCUT2D eigenvalue weighted by Gasteiger charge is 2.20. The standard InChI is InChI=1S/C21H18N6O/c28-21-15-11-17(24-16(15)7-9-23-21)14-6-8-22-19(10-14)25-20-12-18(26-27-20)13-4-2-1-3-5-13/h1-6,8,10-12,24H,7,9H2,(H,23,28)(H2,22,25,26,27). The molecule has 4 aromatic rings. The summed E-state index contributed by atoms with van der Waals surface area (Å²) in [7, 11) is 0. The van der Waals surface area contributed by atoms with Crippen molar-refractivity contribution in [2.45, 2.75) is 6.42 Å². The van der Waals surface area contributed by atoms with Gasteiger partial charge in [0.25, 0.3) is 5.91 Å². The van der Waals surface area contributed by atoms with Crippen LogP contribution in [0.3, 0.4) is 0 Å². The first-order valence-electron chi connectivity index (χ1n) is 9.10. The van der Waals surface area contributed by atoms with Crippen molar-refractivity contribution in [1.29, 1.82) is 0 Å². The van der Waals surface area contributed by atoms with E-state index in [0.29, 0.717) is 23.7 Å². The summed E-state index contributed by atoms with van der Waals surface area (Å²) in [6.45, 7) is 0.665. The topological polar surface area (TPSA) is 98.5 Å². The fourth-order valence-electron chi connectivity index (χ4n) is 3.40. The van der Waals surface area contributed by atoms with E-state index in [4.69, 9.17) is 0 Å². The summed E-state index contributed by atoms with van der Waals surface area (Å²) < 4.78 is 0. The molecule has 3 aromatic heterocycles. The van der Waals surface area contributed by atoms with Crippen molar-refractivity contribution in [3.8, 4) is 22.5 Å². The molecule has 4 heterocycles. The highest BCUT2D eigenvalue weighted by atomic mass is 16.1. The Bertz CT molecular complexity index is 1140. The lowest BCUT2D eigenvalue weighted by molar-refractivity contribution is 0.0946. The van der Waals surface area contributed by atoms with E-state index < -0.39 is 0 Å². The number of hydrogen-bond donors (Lipinski definition) is 4. The molecule has 28 heavy (non-hydrogen) atoms. The number of H-pyrrole nitrogens is 2. The van der Waals surface area contributed by atoms with E-state index in [1.165, 1.54) is 0 Å². The summed E-state index contributed by atoms with van der Waals surface area (Å²) in [6, 6.07) is 17.7. The molecule has 7 heteroatoms. The Labute approximate surface area is 161 Å². The molecule has 7 nitrogen and oxygen atoms in total. The maximum Gasteiger partial charge on any atom is 0.253 e. The van der Waals surface area contributed by atoms with E-state index in [1.807, 2.05) is 54.6 Å². The maximum atomic E-state index is 12.0. The Balaban J connectivity index is 1.40. The number of benzene rings is 1. The van der Waals surface area contributed by atoms with Crippen molar-refractivity contribution >= 4 is 17.5 Å². The van der Waals surface area contributed by atoms with Gasteiger partial charge in [0.1, 0.15) is 5.82 Å². The highest BCUT2D eigenvalue weighted by molar-refractivity contribution is 5.97. The Kier molecular flexibility index (Phi) is 3.90. The van der Waals surface area contributed by atoms with E-state index in [0.717, 1.165) is 34.6 Å². The first-order chi connectivity index (χ1) is 13.8. The minimum absolute atomic E-state index is 0.0267. The molecule has 0 atom stereocenters. The van der Waals surface area contributed by atoms with Crippen LogP contribution in [0.2, 0.25) is 0 Å². The molecular weight excluding hydrogens is 352 g/mol. The number of anilines is 2. The van der Waals surface area contributed by atoms with Gasteiger partial charge in [-0.1, -0.05) is 30.3 Å². The summed E-state index contributed by atoms with van der Waals surface area (Å²) >= 11 is 0. The van der Waals surface area contributed by atoms with E-state index in [-0.39, 0.29) is 5.91 Å². The Morgan fingerprint density at radius 1 is 0.929 bits per heavy atom. The van der Waals surface area contributed by atoms with Crippen LogP contribution in [0, 0.1) is 0 Å². The molecule has 0 fully saturated rings. The SMILES string of the molecule is O=C1NCCc2[nH]c(-c3ccnc(Nc4cc(-c5ccccc5)[nH]n4)c3)cc21. The summed E-state index contributed by atoms with van der Waals surface area (Å²) in [5.41, 5.74) is 5.55. The lowest BCUT2D eigenvalue weighted by atomic mass is 10.1. The summed E-state index contributed by atoms with van der Waals surface area (Å²) in [6.07, 6.45) is 2.55. The molecule has 0 bridgehead atoms.